The summed E-state index contributed by atoms with van der Waals surface area (Å²) in [7, 11) is 0. The van der Waals surface area contributed by atoms with Crippen LogP contribution in [0.4, 0.5) is 5.69 Å². The molecule has 1 N–H and O–H groups in total. The Morgan fingerprint density at radius 3 is 3.00 bits per heavy atom. The average Bonchev–Trinajstić information content (AvgIpc) is 2.17. The molecule has 2 rings (SSSR count). The van der Waals surface area contributed by atoms with Crippen molar-refractivity contribution in [1.82, 2.24) is 0 Å². The largest absolute Gasteiger partial charge is 0.325 e. The van der Waals surface area contributed by atoms with E-state index in [4.69, 9.17) is 5.26 Å². The highest BCUT2D eigenvalue weighted by atomic mass is 16.1. The Morgan fingerprint density at radius 2 is 2.23 bits per heavy atom. The molecule has 0 radical (unpaired) electrons. The number of hydrogen-bond donors (Lipinski definition) is 1. The monoisotopic (exact) mass is 172 g/mol. The van der Waals surface area contributed by atoms with Crippen LogP contribution in [0.25, 0.3) is 0 Å². The molecule has 0 bridgehead atoms. The van der Waals surface area contributed by atoms with E-state index in [0.717, 1.165) is 11.3 Å². The third-order valence-corrected chi connectivity index (χ3v) is 2.17. The van der Waals surface area contributed by atoms with Crippen LogP contribution in [0.5, 0.6) is 0 Å². The second kappa shape index (κ2) is 2.91. The SMILES string of the molecule is N#C[C@@H]1Cc2ccccc2NC1=O. The van der Waals surface area contributed by atoms with E-state index in [1.165, 1.54) is 0 Å². The second-order valence-electron chi connectivity index (χ2n) is 3.03. The first kappa shape index (κ1) is 7.81. The molecule has 3 heteroatoms. The lowest BCUT2D eigenvalue weighted by Crippen LogP contribution is -2.28. The average molecular weight is 172 g/mol. The van der Waals surface area contributed by atoms with Gasteiger partial charge in [-0.3, -0.25) is 4.79 Å². The number of carbonyl (C=O) groups is 1. The molecule has 1 aromatic rings. The number of nitriles is 1. The lowest BCUT2D eigenvalue weighted by Gasteiger charge is -2.19. The minimum atomic E-state index is -0.533. The minimum Gasteiger partial charge on any atom is -0.325 e. The van der Waals surface area contributed by atoms with Gasteiger partial charge in [-0.15, -0.1) is 0 Å². The van der Waals surface area contributed by atoms with Crippen molar-refractivity contribution in [3.8, 4) is 6.07 Å². The maximum atomic E-state index is 11.3. The van der Waals surface area contributed by atoms with Crippen molar-refractivity contribution in [2.24, 2.45) is 5.92 Å². The number of nitrogens with one attached hydrogen (secondary N) is 1. The number of anilines is 1. The van der Waals surface area contributed by atoms with Crippen molar-refractivity contribution in [3.63, 3.8) is 0 Å². The summed E-state index contributed by atoms with van der Waals surface area (Å²) >= 11 is 0. The molecule has 1 amide bonds. The molecule has 0 spiro atoms. The zero-order valence-electron chi connectivity index (χ0n) is 6.95. The van der Waals surface area contributed by atoms with Crippen LogP contribution in [0.15, 0.2) is 24.3 Å². The highest BCUT2D eigenvalue weighted by Crippen LogP contribution is 2.24. The fourth-order valence-electron chi connectivity index (χ4n) is 1.46. The van der Waals surface area contributed by atoms with Crippen molar-refractivity contribution in [1.29, 1.82) is 5.26 Å². The summed E-state index contributed by atoms with van der Waals surface area (Å²) in [5, 5.41) is 11.4. The molecule has 1 aliphatic heterocycles. The summed E-state index contributed by atoms with van der Waals surface area (Å²) in [6.45, 7) is 0. The van der Waals surface area contributed by atoms with E-state index in [-0.39, 0.29) is 5.91 Å². The highest BCUT2D eigenvalue weighted by Gasteiger charge is 2.24. The van der Waals surface area contributed by atoms with Crippen LogP contribution in [0.1, 0.15) is 5.56 Å². The van der Waals surface area contributed by atoms with Crippen molar-refractivity contribution < 1.29 is 4.79 Å². The first-order valence-corrected chi connectivity index (χ1v) is 4.09. The zero-order valence-corrected chi connectivity index (χ0v) is 6.95. The molecule has 1 aliphatic rings. The van der Waals surface area contributed by atoms with Gasteiger partial charge in [0, 0.05) is 5.69 Å². The molecule has 0 aromatic heterocycles. The molecular weight excluding hydrogens is 164 g/mol. The maximum absolute atomic E-state index is 11.3. The van der Waals surface area contributed by atoms with E-state index < -0.39 is 5.92 Å². The van der Waals surface area contributed by atoms with Gasteiger partial charge in [-0.2, -0.15) is 5.26 Å². The smallest absolute Gasteiger partial charge is 0.242 e. The van der Waals surface area contributed by atoms with E-state index in [2.05, 4.69) is 5.32 Å². The number of para-hydroxylation sites is 1. The minimum absolute atomic E-state index is 0.193. The van der Waals surface area contributed by atoms with Crippen LogP contribution in [-0.4, -0.2) is 5.91 Å². The van der Waals surface area contributed by atoms with E-state index in [1.807, 2.05) is 30.3 Å². The third kappa shape index (κ3) is 1.27. The molecule has 1 aromatic carbocycles. The van der Waals surface area contributed by atoms with Crippen LogP contribution in [0.2, 0.25) is 0 Å². The standard InChI is InChI=1S/C10H8N2O/c11-6-8-5-7-3-1-2-4-9(7)12-10(8)13/h1-4,8H,5H2,(H,12,13)/t8-/m0/s1. The molecule has 0 unspecified atom stereocenters. The first-order valence-electron chi connectivity index (χ1n) is 4.09. The molecule has 0 saturated carbocycles. The fraction of sp³-hybridized carbons (Fsp3) is 0.200. The Hall–Kier alpha value is -1.82. The van der Waals surface area contributed by atoms with Gasteiger partial charge < -0.3 is 5.32 Å². The normalized spacial score (nSPS) is 19.9. The van der Waals surface area contributed by atoms with Gasteiger partial charge in [-0.1, -0.05) is 18.2 Å². The third-order valence-electron chi connectivity index (χ3n) is 2.17. The zero-order chi connectivity index (χ0) is 9.26. The Kier molecular flexibility index (Phi) is 1.75. The lowest BCUT2D eigenvalue weighted by atomic mass is 9.94. The van der Waals surface area contributed by atoms with Crippen LogP contribution >= 0.6 is 0 Å². The molecule has 0 fully saturated rings. The number of carbonyl (C=O) groups excluding carboxylic acids is 1. The summed E-state index contributed by atoms with van der Waals surface area (Å²) in [4.78, 5) is 11.3. The van der Waals surface area contributed by atoms with Crippen LogP contribution in [0.3, 0.4) is 0 Å². The molecule has 0 aliphatic carbocycles. The number of rotatable bonds is 0. The van der Waals surface area contributed by atoms with E-state index in [9.17, 15) is 4.79 Å². The van der Waals surface area contributed by atoms with Gasteiger partial charge in [-0.05, 0) is 18.1 Å². The van der Waals surface area contributed by atoms with Crippen LogP contribution in [0, 0.1) is 17.2 Å². The van der Waals surface area contributed by atoms with Crippen molar-refractivity contribution in [2.75, 3.05) is 5.32 Å². The molecule has 13 heavy (non-hydrogen) atoms. The Balaban J connectivity index is 2.39. The molecule has 0 saturated heterocycles. The highest BCUT2D eigenvalue weighted by molar-refractivity contribution is 5.97. The number of benzene rings is 1. The first-order chi connectivity index (χ1) is 6.31. The van der Waals surface area contributed by atoms with Crippen molar-refractivity contribution >= 4 is 11.6 Å². The van der Waals surface area contributed by atoms with E-state index in [1.54, 1.807) is 0 Å². The maximum Gasteiger partial charge on any atom is 0.242 e. The van der Waals surface area contributed by atoms with E-state index in [0.29, 0.717) is 6.42 Å². The summed E-state index contributed by atoms with van der Waals surface area (Å²) in [5.41, 5.74) is 1.87. The quantitative estimate of drug-likeness (QED) is 0.641. The van der Waals surface area contributed by atoms with Crippen molar-refractivity contribution in [3.05, 3.63) is 29.8 Å². The summed E-state index contributed by atoms with van der Waals surface area (Å²) in [6.07, 6.45) is 0.526. The predicted molar refractivity (Wildman–Crippen MR) is 47.9 cm³/mol. The summed E-state index contributed by atoms with van der Waals surface area (Å²) < 4.78 is 0. The van der Waals surface area contributed by atoms with Gasteiger partial charge in [0.05, 0.1) is 6.07 Å². The molecule has 1 heterocycles. The van der Waals surface area contributed by atoms with Gasteiger partial charge in [0.2, 0.25) is 5.91 Å². The van der Waals surface area contributed by atoms with Gasteiger partial charge in [-0.25, -0.2) is 0 Å². The second-order valence-corrected chi connectivity index (χ2v) is 3.03. The Morgan fingerprint density at radius 1 is 1.46 bits per heavy atom. The number of hydrogen-bond acceptors (Lipinski definition) is 2. The van der Waals surface area contributed by atoms with Crippen molar-refractivity contribution in [2.45, 2.75) is 6.42 Å². The summed E-state index contributed by atoms with van der Waals surface area (Å²) in [6, 6.07) is 9.53. The molecule has 1 atom stereocenters. The Labute approximate surface area is 76.0 Å². The van der Waals surface area contributed by atoms with Gasteiger partial charge in [0.1, 0.15) is 5.92 Å². The van der Waals surface area contributed by atoms with Crippen LogP contribution in [-0.2, 0) is 11.2 Å². The topological polar surface area (TPSA) is 52.9 Å². The molecule has 64 valence electrons. The van der Waals surface area contributed by atoms with Gasteiger partial charge >= 0.3 is 0 Å². The van der Waals surface area contributed by atoms with Crippen LogP contribution < -0.4 is 5.32 Å². The fourth-order valence-corrected chi connectivity index (χ4v) is 1.46. The molecule has 3 nitrogen and oxygen atoms in total. The predicted octanol–water partition coefficient (Wildman–Crippen LogP) is 1.32. The Bertz CT molecular complexity index is 392. The number of fused-ring (bicyclic) bond motifs is 1. The number of amides is 1. The number of nitrogens with zero attached hydrogens (tertiary/aromatic N) is 1. The van der Waals surface area contributed by atoms with Gasteiger partial charge in [0.25, 0.3) is 0 Å². The van der Waals surface area contributed by atoms with Gasteiger partial charge in [0.15, 0.2) is 0 Å². The van der Waals surface area contributed by atoms with E-state index >= 15 is 0 Å². The lowest BCUT2D eigenvalue weighted by molar-refractivity contribution is -0.118. The summed E-state index contributed by atoms with van der Waals surface area (Å²) in [5.74, 6) is -0.726. The molecular formula is C10H8N2O.